The predicted molar refractivity (Wildman–Crippen MR) is 522 cm³/mol. The van der Waals surface area contributed by atoms with Gasteiger partial charge in [0, 0.05) is 32.3 Å². The van der Waals surface area contributed by atoms with Gasteiger partial charge in [-0.3, -0.25) is 0 Å². The second kappa shape index (κ2) is 29.4. The Morgan fingerprint density at radius 1 is 0.106 bits per heavy atom. The molecule has 0 unspecified atom stereocenters. The van der Waals surface area contributed by atoms with Crippen molar-refractivity contribution in [1.29, 1.82) is 0 Å². The lowest BCUT2D eigenvalue weighted by atomic mass is 9.84. The first-order valence-electron chi connectivity index (χ1n) is 42.2. The molecule has 23 aromatic carbocycles. The van der Waals surface area contributed by atoms with Gasteiger partial charge in [0.05, 0.1) is 0 Å². The van der Waals surface area contributed by atoms with E-state index in [2.05, 4.69) is 413 Å². The lowest BCUT2D eigenvalue weighted by Gasteiger charge is -2.19. The first kappa shape index (κ1) is 71.0. The van der Waals surface area contributed by atoms with Gasteiger partial charge in [0.25, 0.3) is 0 Å². The maximum atomic E-state index is 6.32. The summed E-state index contributed by atoms with van der Waals surface area (Å²) < 4.78 is 18.9. The van der Waals surface area contributed by atoms with Crippen LogP contribution in [0, 0.1) is 0 Å². The van der Waals surface area contributed by atoms with Crippen molar-refractivity contribution < 1.29 is 13.3 Å². The molecule has 26 aromatic rings. The highest BCUT2D eigenvalue weighted by Gasteiger charge is 2.24. The van der Waals surface area contributed by atoms with Gasteiger partial charge >= 0.3 is 0 Å². The molecule has 0 aliphatic heterocycles. The summed E-state index contributed by atoms with van der Waals surface area (Å²) in [4.78, 5) is 0. The van der Waals surface area contributed by atoms with Gasteiger partial charge < -0.3 is 13.3 Å². The molecule has 0 aliphatic carbocycles. The van der Waals surface area contributed by atoms with Crippen LogP contribution in [0.2, 0.25) is 0 Å². The molecule has 3 heterocycles. The van der Waals surface area contributed by atoms with Crippen molar-refractivity contribution in [2.24, 2.45) is 0 Å². The van der Waals surface area contributed by atoms with Crippen LogP contribution in [-0.2, 0) is 0 Å². The molecule has 0 aliphatic rings. The predicted octanol–water partition coefficient (Wildman–Crippen LogP) is 34.5. The zero-order valence-corrected chi connectivity index (χ0v) is 66.9. The van der Waals surface area contributed by atoms with Crippen molar-refractivity contribution in [3.05, 3.63) is 449 Å². The molecule has 3 aromatic heterocycles. The first-order chi connectivity index (χ1) is 61.0. The third kappa shape index (κ3) is 12.0. The van der Waals surface area contributed by atoms with Crippen LogP contribution in [0.25, 0.3) is 252 Å². The van der Waals surface area contributed by atoms with Gasteiger partial charge in [0.15, 0.2) is 0 Å². The number of fused-ring (bicyclic) bond motifs is 19. The van der Waals surface area contributed by atoms with Gasteiger partial charge in [-0.15, -0.1) is 0 Å². The monoisotopic (exact) mass is 1560 g/mol. The van der Waals surface area contributed by atoms with Crippen LogP contribution in [0.5, 0.6) is 0 Å². The molecular weight excluding hydrogens is 1490 g/mol. The van der Waals surface area contributed by atoms with Crippen LogP contribution >= 0.6 is 0 Å². The number of benzene rings is 23. The van der Waals surface area contributed by atoms with Gasteiger partial charge in [0.1, 0.15) is 33.5 Å². The van der Waals surface area contributed by atoms with E-state index in [0.29, 0.717) is 0 Å². The van der Waals surface area contributed by atoms with Crippen LogP contribution in [0.1, 0.15) is 0 Å². The largest absolute Gasteiger partial charge is 0.456 e. The lowest BCUT2D eigenvalue weighted by molar-refractivity contribution is 0.668. The summed E-state index contributed by atoms with van der Waals surface area (Å²) in [6.07, 6.45) is 0. The number of furan rings is 3. The van der Waals surface area contributed by atoms with Crippen LogP contribution in [0.15, 0.2) is 462 Å². The third-order valence-corrected chi connectivity index (χ3v) is 25.4. The molecule has 0 fully saturated rings. The lowest BCUT2D eigenvalue weighted by Crippen LogP contribution is -1.92. The average molecular weight is 1560 g/mol. The van der Waals surface area contributed by atoms with Crippen molar-refractivity contribution >= 4 is 163 Å². The Bertz CT molecular complexity index is 8580. The van der Waals surface area contributed by atoms with E-state index in [1.807, 2.05) is 36.4 Å². The highest BCUT2D eigenvalue weighted by molar-refractivity contribution is 6.28. The second-order valence-electron chi connectivity index (χ2n) is 32.2. The Kier molecular flexibility index (Phi) is 17.0. The Morgan fingerprint density at radius 3 is 0.797 bits per heavy atom. The Hall–Kier alpha value is -16.2. The summed E-state index contributed by atoms with van der Waals surface area (Å²) >= 11 is 0. The summed E-state index contributed by atoms with van der Waals surface area (Å²) in [5.74, 6) is 0. The zero-order chi connectivity index (χ0) is 81.0. The number of para-hydroxylation sites is 3. The van der Waals surface area contributed by atoms with E-state index in [1.165, 1.54) is 180 Å². The van der Waals surface area contributed by atoms with E-state index in [0.717, 1.165) is 71.4 Å². The smallest absolute Gasteiger partial charge is 0.136 e. The molecule has 3 heteroatoms. The van der Waals surface area contributed by atoms with Crippen molar-refractivity contribution in [3.8, 4) is 89.0 Å². The first-order valence-corrected chi connectivity index (χ1v) is 42.2. The average Bonchev–Trinajstić information content (AvgIpc) is 0.860. The molecule has 0 saturated heterocycles. The summed E-state index contributed by atoms with van der Waals surface area (Å²) in [5, 5.41) is 29.5. The SMILES string of the molecule is c1ccc(-c2cccc(-c3c4ccccc4c(-c4ccc5c(c4)oc4ccccc45)c4ccccc34)c2)cc1.c1ccc2c(-c3ccc(-c4c5ccccc5c(-c5ccc6c(c5)oc5ccccc56)c5ccccc45)cc3)cccc2c1.c1ccc2c(c1)cc(-c1c3ccccc3c(-c3ccc4c(c3)oc3ccccc34)c3ccccc13)c1ccccc12. The van der Waals surface area contributed by atoms with Crippen molar-refractivity contribution in [3.63, 3.8) is 0 Å². The second-order valence-corrected chi connectivity index (χ2v) is 32.2. The van der Waals surface area contributed by atoms with E-state index >= 15 is 0 Å². The van der Waals surface area contributed by atoms with Crippen LogP contribution in [-0.4, -0.2) is 0 Å². The van der Waals surface area contributed by atoms with E-state index < -0.39 is 0 Å². The molecule has 0 atom stereocenters. The summed E-state index contributed by atoms with van der Waals surface area (Å²) in [5.41, 5.74) is 25.2. The Labute approximate surface area is 709 Å². The minimum absolute atomic E-state index is 0.917. The van der Waals surface area contributed by atoms with Crippen LogP contribution < -0.4 is 0 Å². The summed E-state index contributed by atoms with van der Waals surface area (Å²) in [6, 6.07) is 162. The van der Waals surface area contributed by atoms with Crippen molar-refractivity contribution in [2.75, 3.05) is 0 Å². The van der Waals surface area contributed by atoms with E-state index in [4.69, 9.17) is 13.3 Å². The molecule has 123 heavy (non-hydrogen) atoms. The van der Waals surface area contributed by atoms with E-state index in [9.17, 15) is 0 Å². The molecule has 0 bridgehead atoms. The minimum Gasteiger partial charge on any atom is -0.456 e. The minimum atomic E-state index is 0.917. The van der Waals surface area contributed by atoms with Crippen LogP contribution in [0.3, 0.4) is 0 Å². The fourth-order valence-electron chi connectivity index (χ4n) is 19.9. The maximum Gasteiger partial charge on any atom is 0.136 e. The molecule has 26 rings (SSSR count). The highest BCUT2D eigenvalue weighted by Crippen LogP contribution is 2.51. The fourth-order valence-corrected chi connectivity index (χ4v) is 19.9. The normalized spacial score (nSPS) is 11.7. The van der Waals surface area contributed by atoms with Gasteiger partial charge in [-0.25, -0.2) is 0 Å². The molecule has 572 valence electrons. The molecule has 3 nitrogen and oxygen atoms in total. The topological polar surface area (TPSA) is 39.4 Å². The Morgan fingerprint density at radius 2 is 0.374 bits per heavy atom. The van der Waals surface area contributed by atoms with Gasteiger partial charge in [-0.1, -0.05) is 382 Å². The summed E-state index contributed by atoms with van der Waals surface area (Å²) in [7, 11) is 0. The highest BCUT2D eigenvalue weighted by atomic mass is 16.3. The van der Waals surface area contributed by atoms with Crippen LogP contribution in [0.4, 0.5) is 0 Å². The van der Waals surface area contributed by atoms with Gasteiger partial charge in [-0.2, -0.15) is 0 Å². The quantitative estimate of drug-likeness (QED) is 0.112. The number of hydrogen-bond acceptors (Lipinski definition) is 3. The molecule has 0 saturated carbocycles. The standard InChI is InChI=1S/C42H26O.C40H24O.C38H24O/c1-2-12-31-27(10-1)11-9-18-32(31)28-20-22-29(23-21-28)41-35-14-3-5-16-37(35)42(38-17-6-4-15-36(38)41)30-24-25-34-33-13-7-8-19-39(33)43-40(34)26-30;1-2-12-27-25(11-1)23-36(29-14-4-3-13-28(27)29)40-34-18-7-5-16-32(34)39(33-17-6-8-19-35(33)40)26-21-22-31-30-15-9-10-20-37(30)41-38(31)24-26;1-2-11-25(12-3-1)26-13-10-14-27(23-26)37-31-16-4-6-18-33(31)38(34-19-7-5-17-32(34)37)28-21-22-30-29-15-8-9-20-35(29)39-36(30)24-28/h1-26H;1-24H;1-24H. The Balaban J connectivity index is 0.000000104. The number of rotatable bonds is 8. The molecule has 0 spiro atoms. The fraction of sp³-hybridized carbons (Fsp3) is 0. The van der Waals surface area contributed by atoms with E-state index in [-0.39, 0.29) is 0 Å². The molecule has 0 radical (unpaired) electrons. The third-order valence-electron chi connectivity index (χ3n) is 25.4. The zero-order valence-electron chi connectivity index (χ0n) is 66.9. The van der Waals surface area contributed by atoms with Gasteiger partial charge in [0.2, 0.25) is 0 Å². The summed E-state index contributed by atoms with van der Waals surface area (Å²) in [6.45, 7) is 0. The van der Waals surface area contributed by atoms with Gasteiger partial charge in [-0.05, 0) is 253 Å². The van der Waals surface area contributed by atoms with E-state index in [1.54, 1.807) is 0 Å². The molecule has 0 amide bonds. The maximum absolute atomic E-state index is 6.32. The van der Waals surface area contributed by atoms with Crippen molar-refractivity contribution in [2.45, 2.75) is 0 Å². The molecular formula is C120H74O3. The van der Waals surface area contributed by atoms with Crippen molar-refractivity contribution in [1.82, 2.24) is 0 Å². The molecule has 0 N–H and O–H groups in total. The number of hydrogen-bond donors (Lipinski definition) is 0.